The van der Waals surface area contributed by atoms with Crippen LogP contribution in [-0.4, -0.2) is 96.7 Å². The molecule has 0 aliphatic heterocycles. The lowest BCUT2D eigenvalue weighted by molar-refractivity contribution is -0.161. The number of aliphatic hydroxyl groups excluding tert-OH is 1. The fourth-order valence-corrected chi connectivity index (χ4v) is 12.1. The highest BCUT2D eigenvalue weighted by Gasteiger charge is 2.30. The van der Waals surface area contributed by atoms with Crippen molar-refractivity contribution in [2.24, 2.45) is 0 Å². The highest BCUT2D eigenvalue weighted by atomic mass is 31.2. The highest BCUT2D eigenvalue weighted by Crippen LogP contribution is 2.45. The molecule has 0 heterocycles. The monoisotopic (exact) mass is 1470 g/mol. The number of allylic oxidation sites excluding steroid dienone is 19. The Morgan fingerprint density at radius 3 is 0.873 bits per heavy atom. The maximum absolute atomic E-state index is 13.1. The van der Waals surface area contributed by atoms with E-state index >= 15 is 0 Å². The van der Waals surface area contributed by atoms with E-state index in [1.165, 1.54) is 116 Å². The van der Waals surface area contributed by atoms with Gasteiger partial charge >= 0.3 is 39.5 Å². The van der Waals surface area contributed by atoms with Crippen molar-refractivity contribution in [3.05, 3.63) is 122 Å². The normalized spacial score (nSPS) is 14.5. The SMILES string of the molecule is CC/C=C\C/C=C\C/C=C\C/C=C\C/C=C\CCCCCC(=O)OCC(COP(=O)(O)OCC(O)COP(=O)(O)OCC(COC(=O)C/C=C\C/C=C\C/C=C\C/C=C\C/C=C\CC)OC(=O)CCCCCCCCCCCCCCC)OC(=O)CCCCCCCCCCCCCCCCC. The predicted octanol–water partition coefficient (Wildman–Crippen LogP) is 23.1. The van der Waals surface area contributed by atoms with Crippen LogP contribution in [0.4, 0.5) is 0 Å². The predicted molar refractivity (Wildman–Crippen MR) is 418 cm³/mol. The first-order chi connectivity index (χ1) is 49.7. The minimum absolute atomic E-state index is 0.0703. The van der Waals surface area contributed by atoms with Gasteiger partial charge in [0.25, 0.3) is 0 Å². The highest BCUT2D eigenvalue weighted by molar-refractivity contribution is 7.47. The first-order valence-corrected chi connectivity index (χ1v) is 42.8. The Balaban J connectivity index is 5.42. The Morgan fingerprint density at radius 2 is 0.549 bits per heavy atom. The van der Waals surface area contributed by atoms with Gasteiger partial charge in [-0.25, -0.2) is 9.13 Å². The lowest BCUT2D eigenvalue weighted by Gasteiger charge is -2.21. The van der Waals surface area contributed by atoms with Gasteiger partial charge in [-0.2, -0.15) is 0 Å². The summed E-state index contributed by atoms with van der Waals surface area (Å²) in [5.74, 6) is -2.34. The van der Waals surface area contributed by atoms with Crippen LogP contribution in [0, 0.1) is 0 Å². The standard InChI is InChI=1S/C83H142O17P2/c1-5-9-13-17-21-25-29-33-36-37-38-39-42-45-48-52-56-60-64-68-81(86)94-74-79(100-83(88)70-66-62-58-54-50-46-41-35-31-27-23-19-15-11-7-3)76-98-102(91,92)96-72-77(84)71-95-101(89,90)97-75-78(99-82(87)69-65-61-57-53-49-43-32-28-24-20-16-12-8-4)73-93-80(85)67-63-59-55-51-47-44-40-34-30-26-22-18-14-10-6-2/h9-10,13-14,21-22,25-26,33-34,36,38-40,45,47-48,51,59,63,77-79,84H,5-8,11-12,15-20,23-24,27-32,35,37,41-44,46,49-50,52-58,60-62,64-76H2,1-4H3,(H,89,90)(H,91,92)/b13-9-,14-10-,25-21-,26-22-,36-33-,39-38-,40-34-,48-45-,51-47-,63-59-. The summed E-state index contributed by atoms with van der Waals surface area (Å²) in [5.41, 5.74) is 0. The van der Waals surface area contributed by atoms with E-state index in [-0.39, 0.29) is 25.7 Å². The van der Waals surface area contributed by atoms with Crippen LogP contribution in [0.5, 0.6) is 0 Å². The lowest BCUT2D eigenvalue weighted by Crippen LogP contribution is -2.30. The molecule has 3 N–H and O–H groups in total. The second-order valence-electron chi connectivity index (χ2n) is 26.3. The third kappa shape index (κ3) is 73.8. The number of hydrogen-bond donors (Lipinski definition) is 3. The van der Waals surface area contributed by atoms with Crippen LogP contribution in [0.1, 0.15) is 323 Å². The van der Waals surface area contributed by atoms with Gasteiger partial charge in [0.15, 0.2) is 12.2 Å². The molecular formula is C83H142O17P2. The molecule has 0 bridgehead atoms. The van der Waals surface area contributed by atoms with Gasteiger partial charge in [0.05, 0.1) is 32.8 Å². The average Bonchev–Trinajstić information content (AvgIpc) is 0.924. The van der Waals surface area contributed by atoms with Gasteiger partial charge in [0, 0.05) is 19.3 Å². The second kappa shape index (κ2) is 74.7. The zero-order valence-corrected chi connectivity index (χ0v) is 65.8. The molecule has 0 aromatic heterocycles. The Morgan fingerprint density at radius 1 is 0.294 bits per heavy atom. The van der Waals surface area contributed by atoms with E-state index in [0.29, 0.717) is 25.7 Å². The fourth-order valence-electron chi connectivity index (χ4n) is 10.5. The van der Waals surface area contributed by atoms with Gasteiger partial charge < -0.3 is 33.8 Å². The number of unbranched alkanes of at least 4 members (excludes halogenated alkanes) is 29. The summed E-state index contributed by atoms with van der Waals surface area (Å²) in [6.45, 7) is 4.53. The van der Waals surface area contributed by atoms with Crippen molar-refractivity contribution < 1.29 is 80.2 Å². The smallest absolute Gasteiger partial charge is 0.462 e. The number of phosphoric ester groups is 2. The van der Waals surface area contributed by atoms with Crippen LogP contribution < -0.4 is 0 Å². The van der Waals surface area contributed by atoms with Crippen molar-refractivity contribution in [3.8, 4) is 0 Å². The van der Waals surface area contributed by atoms with Gasteiger partial charge in [-0.1, -0.05) is 323 Å². The molecule has 0 aromatic carbocycles. The van der Waals surface area contributed by atoms with Crippen LogP contribution >= 0.6 is 15.6 Å². The molecule has 0 aromatic rings. The van der Waals surface area contributed by atoms with E-state index in [4.69, 9.17) is 37.0 Å². The summed E-state index contributed by atoms with van der Waals surface area (Å²) >= 11 is 0. The summed E-state index contributed by atoms with van der Waals surface area (Å²) in [6.07, 6.45) is 82.1. The Labute approximate surface area is 619 Å². The number of hydrogen-bond acceptors (Lipinski definition) is 15. The molecule has 0 amide bonds. The van der Waals surface area contributed by atoms with Crippen LogP contribution in [0.15, 0.2) is 122 Å². The van der Waals surface area contributed by atoms with E-state index in [2.05, 4.69) is 125 Å². The number of ether oxygens (including phenoxy) is 4. The van der Waals surface area contributed by atoms with E-state index in [0.717, 1.165) is 128 Å². The number of carbonyl (C=O) groups excluding carboxylic acids is 4. The number of carbonyl (C=O) groups is 4. The minimum Gasteiger partial charge on any atom is -0.462 e. The molecule has 0 saturated carbocycles. The maximum atomic E-state index is 13.1. The van der Waals surface area contributed by atoms with Gasteiger partial charge in [0.1, 0.15) is 19.3 Å². The lowest BCUT2D eigenvalue weighted by atomic mass is 10.0. The molecule has 0 spiro atoms. The molecule has 5 atom stereocenters. The van der Waals surface area contributed by atoms with E-state index < -0.39 is 97.5 Å². The molecular weight excluding hydrogens is 1330 g/mol. The Bertz CT molecular complexity index is 2410. The molecule has 0 fully saturated rings. The fraction of sp³-hybridized carbons (Fsp3) is 0.711. The largest absolute Gasteiger partial charge is 0.472 e. The molecule has 5 unspecified atom stereocenters. The summed E-state index contributed by atoms with van der Waals surface area (Å²) in [5, 5.41) is 10.6. The molecule has 586 valence electrons. The number of phosphoric acid groups is 2. The van der Waals surface area contributed by atoms with E-state index in [9.17, 15) is 43.2 Å². The van der Waals surface area contributed by atoms with Crippen LogP contribution in [0.25, 0.3) is 0 Å². The molecule has 0 saturated heterocycles. The van der Waals surface area contributed by atoms with E-state index in [1.54, 1.807) is 6.08 Å². The van der Waals surface area contributed by atoms with Gasteiger partial charge in [-0.15, -0.1) is 0 Å². The van der Waals surface area contributed by atoms with Crippen molar-refractivity contribution in [1.29, 1.82) is 0 Å². The quantitative estimate of drug-likeness (QED) is 0.0169. The molecule has 0 rings (SSSR count). The summed E-state index contributed by atoms with van der Waals surface area (Å²) in [6, 6.07) is 0. The molecule has 19 heteroatoms. The Kier molecular flexibility index (Phi) is 71.4. The van der Waals surface area contributed by atoms with Gasteiger partial charge in [-0.05, 0) is 96.3 Å². The number of esters is 4. The topological polar surface area (TPSA) is 237 Å². The van der Waals surface area contributed by atoms with Crippen molar-refractivity contribution in [2.75, 3.05) is 39.6 Å². The van der Waals surface area contributed by atoms with Gasteiger partial charge in [-0.3, -0.25) is 37.3 Å². The summed E-state index contributed by atoms with van der Waals surface area (Å²) < 4.78 is 68.4. The first-order valence-electron chi connectivity index (χ1n) is 39.8. The summed E-state index contributed by atoms with van der Waals surface area (Å²) in [7, 11) is -9.98. The average molecular weight is 1470 g/mol. The van der Waals surface area contributed by atoms with Crippen LogP contribution in [-0.2, 0) is 65.4 Å². The second-order valence-corrected chi connectivity index (χ2v) is 29.2. The third-order valence-corrected chi connectivity index (χ3v) is 18.4. The van der Waals surface area contributed by atoms with Crippen LogP contribution in [0.3, 0.4) is 0 Å². The minimum atomic E-state index is -4.99. The Hall–Kier alpha value is -4.54. The van der Waals surface area contributed by atoms with Crippen molar-refractivity contribution in [1.82, 2.24) is 0 Å². The van der Waals surface area contributed by atoms with Crippen molar-refractivity contribution in [2.45, 2.75) is 341 Å². The zero-order chi connectivity index (χ0) is 74.6. The molecule has 0 radical (unpaired) electrons. The van der Waals surface area contributed by atoms with Crippen molar-refractivity contribution in [3.63, 3.8) is 0 Å². The van der Waals surface area contributed by atoms with Crippen LogP contribution in [0.2, 0.25) is 0 Å². The third-order valence-electron chi connectivity index (χ3n) is 16.5. The zero-order valence-electron chi connectivity index (χ0n) is 64.0. The summed E-state index contributed by atoms with van der Waals surface area (Å²) in [4.78, 5) is 72.9. The molecule has 102 heavy (non-hydrogen) atoms. The van der Waals surface area contributed by atoms with Gasteiger partial charge in [0.2, 0.25) is 0 Å². The van der Waals surface area contributed by atoms with E-state index in [1.807, 2.05) is 18.2 Å². The molecule has 0 aliphatic carbocycles. The number of aliphatic hydroxyl groups is 1. The maximum Gasteiger partial charge on any atom is 0.472 e. The molecule has 17 nitrogen and oxygen atoms in total. The number of rotatable bonds is 74. The first kappa shape index (κ1) is 97.5. The van der Waals surface area contributed by atoms with Crippen molar-refractivity contribution >= 4 is 39.5 Å². The molecule has 0 aliphatic rings.